The molecule has 3 N–H and O–H groups in total. The van der Waals surface area contributed by atoms with Crippen molar-refractivity contribution < 1.29 is 14.3 Å². The molecule has 0 spiro atoms. The fourth-order valence-electron chi connectivity index (χ4n) is 3.28. The van der Waals surface area contributed by atoms with E-state index in [1.54, 1.807) is 0 Å². The number of ether oxygens (including phenoxy) is 1. The fourth-order valence-corrected chi connectivity index (χ4v) is 3.28. The number of nitrogens with zero attached hydrogens (tertiary/aromatic N) is 1. The van der Waals surface area contributed by atoms with Crippen molar-refractivity contribution in [2.24, 2.45) is 0 Å². The van der Waals surface area contributed by atoms with Crippen molar-refractivity contribution >= 4 is 17.6 Å². The maximum absolute atomic E-state index is 12.2. The van der Waals surface area contributed by atoms with E-state index in [1.807, 2.05) is 32.0 Å². The van der Waals surface area contributed by atoms with Gasteiger partial charge in [0.1, 0.15) is 0 Å². The van der Waals surface area contributed by atoms with Crippen molar-refractivity contribution in [1.82, 2.24) is 15.5 Å². The van der Waals surface area contributed by atoms with Crippen LogP contribution in [0.4, 0.5) is 10.5 Å². The second-order valence-electron chi connectivity index (χ2n) is 6.80. The molecule has 0 bridgehead atoms. The Morgan fingerprint density at radius 1 is 1.28 bits per heavy atom. The van der Waals surface area contributed by atoms with Crippen LogP contribution in [0.1, 0.15) is 31.0 Å². The number of hydrogen-bond donors (Lipinski definition) is 3. The minimum absolute atomic E-state index is 0.0162. The summed E-state index contributed by atoms with van der Waals surface area (Å²) in [5, 5.41) is 8.77. The fraction of sp³-hybridized carbons (Fsp3) is 0.556. The number of benzene rings is 1. The maximum Gasteiger partial charge on any atom is 0.315 e. The van der Waals surface area contributed by atoms with Gasteiger partial charge in [-0.05, 0) is 31.0 Å². The van der Waals surface area contributed by atoms with Crippen molar-refractivity contribution in [2.45, 2.75) is 32.4 Å². The Kier molecular flexibility index (Phi) is 5.55. The molecule has 136 valence electrons. The number of carbonyl (C=O) groups is 2. The van der Waals surface area contributed by atoms with Gasteiger partial charge in [0.15, 0.2) is 0 Å². The molecule has 3 rings (SSSR count). The Morgan fingerprint density at radius 3 is 2.80 bits per heavy atom. The van der Waals surface area contributed by atoms with Crippen LogP contribution in [0.5, 0.6) is 0 Å². The molecule has 2 atom stereocenters. The van der Waals surface area contributed by atoms with Crippen LogP contribution >= 0.6 is 0 Å². The topological polar surface area (TPSA) is 82.7 Å². The molecule has 0 radical (unpaired) electrons. The molecule has 0 aromatic heterocycles. The summed E-state index contributed by atoms with van der Waals surface area (Å²) in [6.45, 7) is 8.09. The SMILES string of the molecule is C[C@H](CN1CCOCC1)NC(=O)N[C@@H](C)c1ccc2c(c1)CC(=O)N2. The van der Waals surface area contributed by atoms with Gasteiger partial charge < -0.3 is 20.7 Å². The predicted molar refractivity (Wildman–Crippen MR) is 95.6 cm³/mol. The zero-order valence-corrected chi connectivity index (χ0v) is 14.8. The molecule has 0 saturated carbocycles. The summed E-state index contributed by atoms with van der Waals surface area (Å²) < 4.78 is 5.34. The van der Waals surface area contributed by atoms with Crippen molar-refractivity contribution in [3.05, 3.63) is 29.3 Å². The molecule has 1 aromatic rings. The van der Waals surface area contributed by atoms with E-state index >= 15 is 0 Å². The number of hydrogen-bond acceptors (Lipinski definition) is 4. The number of morpholine rings is 1. The molecule has 1 fully saturated rings. The highest BCUT2D eigenvalue weighted by atomic mass is 16.5. The minimum Gasteiger partial charge on any atom is -0.379 e. The van der Waals surface area contributed by atoms with Gasteiger partial charge >= 0.3 is 6.03 Å². The molecule has 7 nitrogen and oxygen atoms in total. The monoisotopic (exact) mass is 346 g/mol. The number of fused-ring (bicyclic) bond motifs is 1. The largest absolute Gasteiger partial charge is 0.379 e. The number of nitrogens with one attached hydrogen (secondary N) is 3. The van der Waals surface area contributed by atoms with E-state index in [1.165, 1.54) is 0 Å². The zero-order valence-electron chi connectivity index (χ0n) is 14.8. The van der Waals surface area contributed by atoms with Crippen LogP contribution in [0.3, 0.4) is 0 Å². The average molecular weight is 346 g/mol. The van der Waals surface area contributed by atoms with Gasteiger partial charge in [-0.1, -0.05) is 12.1 Å². The molecular formula is C18H26N4O3. The van der Waals surface area contributed by atoms with E-state index < -0.39 is 0 Å². The lowest BCUT2D eigenvalue weighted by Gasteiger charge is -2.29. The molecule has 25 heavy (non-hydrogen) atoms. The van der Waals surface area contributed by atoms with Crippen LogP contribution < -0.4 is 16.0 Å². The molecule has 1 saturated heterocycles. The Balaban J connectivity index is 1.48. The van der Waals surface area contributed by atoms with Crippen molar-refractivity contribution in [1.29, 1.82) is 0 Å². The molecule has 2 aliphatic heterocycles. The van der Waals surface area contributed by atoms with Crippen LogP contribution in [-0.4, -0.2) is 55.7 Å². The van der Waals surface area contributed by atoms with Crippen LogP contribution in [0.2, 0.25) is 0 Å². The van der Waals surface area contributed by atoms with Crippen molar-refractivity contribution in [3.63, 3.8) is 0 Å². The normalized spacial score (nSPS) is 19.7. The van der Waals surface area contributed by atoms with Gasteiger partial charge in [0.25, 0.3) is 0 Å². The van der Waals surface area contributed by atoms with Gasteiger partial charge in [-0.3, -0.25) is 9.69 Å². The van der Waals surface area contributed by atoms with E-state index in [4.69, 9.17) is 4.74 Å². The third kappa shape index (κ3) is 4.70. The van der Waals surface area contributed by atoms with Gasteiger partial charge in [0, 0.05) is 31.4 Å². The summed E-state index contributed by atoms with van der Waals surface area (Å²) in [4.78, 5) is 26.0. The highest BCUT2D eigenvalue weighted by molar-refractivity contribution is 5.99. The molecule has 2 aliphatic rings. The summed E-state index contributed by atoms with van der Waals surface area (Å²) >= 11 is 0. The quantitative estimate of drug-likeness (QED) is 0.750. The van der Waals surface area contributed by atoms with Gasteiger partial charge in [0.05, 0.1) is 25.7 Å². The Bertz CT molecular complexity index is 643. The highest BCUT2D eigenvalue weighted by Gasteiger charge is 2.20. The lowest BCUT2D eigenvalue weighted by Crippen LogP contribution is -2.48. The van der Waals surface area contributed by atoms with Crippen LogP contribution in [0.25, 0.3) is 0 Å². The van der Waals surface area contributed by atoms with Crippen molar-refractivity contribution in [3.8, 4) is 0 Å². The van der Waals surface area contributed by atoms with Crippen molar-refractivity contribution in [2.75, 3.05) is 38.2 Å². The predicted octanol–water partition coefficient (Wildman–Crippen LogP) is 1.26. The second-order valence-corrected chi connectivity index (χ2v) is 6.80. The van der Waals surface area contributed by atoms with Crippen LogP contribution in [0, 0.1) is 0 Å². The molecule has 0 aliphatic carbocycles. The molecule has 0 unspecified atom stereocenters. The lowest BCUT2D eigenvalue weighted by molar-refractivity contribution is -0.115. The van der Waals surface area contributed by atoms with E-state index in [2.05, 4.69) is 20.9 Å². The Labute approximate surface area is 148 Å². The summed E-state index contributed by atoms with van der Waals surface area (Å²) in [7, 11) is 0. The average Bonchev–Trinajstić information content (AvgIpc) is 2.94. The van der Waals surface area contributed by atoms with E-state index in [-0.39, 0.29) is 24.0 Å². The number of carbonyl (C=O) groups excluding carboxylic acids is 2. The molecular weight excluding hydrogens is 320 g/mol. The maximum atomic E-state index is 12.2. The van der Waals surface area contributed by atoms with E-state index in [0.29, 0.717) is 6.42 Å². The van der Waals surface area contributed by atoms with Crippen LogP contribution in [0.15, 0.2) is 18.2 Å². The van der Waals surface area contributed by atoms with Gasteiger partial charge in [-0.2, -0.15) is 0 Å². The zero-order chi connectivity index (χ0) is 17.8. The molecule has 1 aromatic carbocycles. The minimum atomic E-state index is -0.178. The van der Waals surface area contributed by atoms with E-state index in [9.17, 15) is 9.59 Å². The first kappa shape index (κ1) is 17.7. The third-order valence-electron chi connectivity index (χ3n) is 4.62. The Morgan fingerprint density at radius 2 is 2.04 bits per heavy atom. The first-order chi connectivity index (χ1) is 12.0. The molecule has 2 heterocycles. The van der Waals surface area contributed by atoms with Gasteiger partial charge in [-0.15, -0.1) is 0 Å². The third-order valence-corrected chi connectivity index (χ3v) is 4.62. The number of urea groups is 1. The van der Waals surface area contributed by atoms with E-state index in [0.717, 1.165) is 49.7 Å². The lowest BCUT2D eigenvalue weighted by atomic mass is 10.0. The first-order valence-corrected chi connectivity index (χ1v) is 8.81. The number of anilines is 1. The molecule has 7 heteroatoms. The molecule has 3 amide bonds. The van der Waals surface area contributed by atoms with Gasteiger partial charge in [-0.25, -0.2) is 4.79 Å². The number of rotatable bonds is 5. The summed E-state index contributed by atoms with van der Waals surface area (Å²) in [5.74, 6) is 0.0162. The van der Waals surface area contributed by atoms with Crippen LogP contribution in [-0.2, 0) is 16.0 Å². The standard InChI is InChI=1S/C18H26N4O3/c1-12(11-22-5-7-25-8-6-22)19-18(24)20-13(2)14-3-4-16-15(9-14)10-17(23)21-16/h3-4,9,12-13H,5-8,10-11H2,1-2H3,(H,21,23)(H2,19,20,24)/t12-,13+/m1/s1. The smallest absolute Gasteiger partial charge is 0.315 e. The summed E-state index contributed by atoms with van der Waals surface area (Å²) in [6.07, 6.45) is 0.401. The number of amides is 3. The first-order valence-electron chi connectivity index (χ1n) is 8.81. The summed E-state index contributed by atoms with van der Waals surface area (Å²) in [6, 6.07) is 5.57. The Hall–Kier alpha value is -2.12. The second kappa shape index (κ2) is 7.84. The highest BCUT2D eigenvalue weighted by Crippen LogP contribution is 2.26. The van der Waals surface area contributed by atoms with Gasteiger partial charge in [0.2, 0.25) is 5.91 Å². The summed E-state index contributed by atoms with van der Waals surface area (Å²) in [5.41, 5.74) is 2.84.